The summed E-state index contributed by atoms with van der Waals surface area (Å²) in [6.07, 6.45) is 2.05. The zero-order valence-corrected chi connectivity index (χ0v) is 20.5. The Balaban J connectivity index is 1.01. The number of piperazine rings is 1. The number of carbonyl (C=O) groups is 2. The van der Waals surface area contributed by atoms with E-state index in [0.717, 1.165) is 32.4 Å². The number of alkyl carbamates (subject to hydrolysis) is 1. The van der Waals surface area contributed by atoms with Gasteiger partial charge >= 0.3 is 6.09 Å². The standard InChI is InChI=1S/C24H28FN9O4/c25-19-16(38-23(36)30-24-8-13(9-24)10-24)12-37-20(19)14-7-17(32-31-14)29-22-27-2-1-18-28-15(11-34(18)22)21(35)33-5-3-26-4-6-33/h1-2,7,11,13,16,19-20,26H,3-6,8-10,12H2,(H,30,36)(H2,27,29,31,32)/t13?,16-,19+,20-,24?/m0/s1. The molecule has 3 aliphatic carbocycles. The van der Waals surface area contributed by atoms with E-state index in [9.17, 15) is 9.59 Å². The number of hydrogen-bond donors (Lipinski definition) is 4. The summed E-state index contributed by atoms with van der Waals surface area (Å²) in [5.41, 5.74) is 1.14. The molecule has 0 aromatic carbocycles. The molecule has 0 spiro atoms. The fourth-order valence-corrected chi connectivity index (χ4v) is 5.76. The van der Waals surface area contributed by atoms with Crippen LogP contribution in [0.1, 0.15) is 41.5 Å². The lowest BCUT2D eigenvalue weighted by atomic mass is 9.50. The monoisotopic (exact) mass is 525 g/mol. The second-order valence-electron chi connectivity index (χ2n) is 10.5. The molecule has 3 saturated carbocycles. The molecule has 5 fully saturated rings. The Kier molecular flexibility index (Phi) is 5.47. The predicted molar refractivity (Wildman–Crippen MR) is 131 cm³/mol. The number of hydrogen-bond acceptors (Lipinski definition) is 9. The van der Waals surface area contributed by atoms with Crippen LogP contribution in [-0.4, -0.2) is 92.1 Å². The van der Waals surface area contributed by atoms with Crippen LogP contribution in [0.4, 0.5) is 21.0 Å². The van der Waals surface area contributed by atoms with Gasteiger partial charge in [-0.2, -0.15) is 5.10 Å². The van der Waals surface area contributed by atoms with Gasteiger partial charge in [-0.25, -0.2) is 19.2 Å². The van der Waals surface area contributed by atoms with Crippen molar-refractivity contribution < 1.29 is 23.5 Å². The molecule has 0 unspecified atom stereocenters. The second-order valence-corrected chi connectivity index (χ2v) is 10.5. The van der Waals surface area contributed by atoms with Gasteiger partial charge in [0.2, 0.25) is 5.95 Å². The van der Waals surface area contributed by atoms with Gasteiger partial charge < -0.3 is 30.3 Å². The molecule has 5 heterocycles. The molecule has 3 aromatic rings. The summed E-state index contributed by atoms with van der Waals surface area (Å²) in [6.45, 7) is 2.71. The minimum Gasteiger partial charge on any atom is -0.441 e. The van der Waals surface area contributed by atoms with Gasteiger partial charge in [0.1, 0.15) is 17.4 Å². The Labute approximate surface area is 216 Å². The first kappa shape index (κ1) is 23.3. The highest BCUT2D eigenvalue weighted by Gasteiger charge is 2.58. The van der Waals surface area contributed by atoms with Gasteiger partial charge in [0, 0.05) is 50.2 Å². The van der Waals surface area contributed by atoms with Crippen molar-refractivity contribution in [3.05, 3.63) is 35.9 Å². The third kappa shape index (κ3) is 4.04. The lowest BCUT2D eigenvalue weighted by molar-refractivity contribution is -0.0528. The van der Waals surface area contributed by atoms with E-state index in [-0.39, 0.29) is 18.1 Å². The molecule has 2 bridgehead atoms. The van der Waals surface area contributed by atoms with Crippen molar-refractivity contribution in [3.63, 3.8) is 0 Å². The zero-order chi connectivity index (χ0) is 25.9. The first-order valence-corrected chi connectivity index (χ1v) is 12.9. The number of amides is 2. The van der Waals surface area contributed by atoms with Gasteiger partial charge in [-0.15, -0.1) is 0 Å². The normalized spacial score (nSPS) is 30.0. The number of alkyl halides is 1. The molecule has 2 saturated heterocycles. The molecule has 38 heavy (non-hydrogen) atoms. The Morgan fingerprint density at radius 1 is 1.24 bits per heavy atom. The summed E-state index contributed by atoms with van der Waals surface area (Å²) < 4.78 is 27.8. The van der Waals surface area contributed by atoms with E-state index in [0.29, 0.717) is 47.8 Å². The summed E-state index contributed by atoms with van der Waals surface area (Å²) in [6, 6.07) is 3.33. The fourth-order valence-electron chi connectivity index (χ4n) is 5.76. The minimum atomic E-state index is -1.55. The Hall–Kier alpha value is -3.78. The van der Waals surface area contributed by atoms with Crippen molar-refractivity contribution >= 4 is 29.4 Å². The molecule has 5 aliphatic rings. The molecule has 3 aromatic heterocycles. The second kappa shape index (κ2) is 8.91. The third-order valence-corrected chi connectivity index (χ3v) is 7.90. The van der Waals surface area contributed by atoms with Gasteiger partial charge in [-0.05, 0) is 31.2 Å². The number of nitrogens with one attached hydrogen (secondary N) is 4. The van der Waals surface area contributed by atoms with Crippen molar-refractivity contribution in [2.45, 2.75) is 43.2 Å². The van der Waals surface area contributed by atoms with Crippen molar-refractivity contribution in [2.24, 2.45) is 5.92 Å². The maximum absolute atomic E-state index is 15.2. The highest BCUT2D eigenvalue weighted by atomic mass is 19.1. The lowest BCUT2D eigenvalue weighted by Crippen LogP contribution is -2.68. The maximum Gasteiger partial charge on any atom is 0.408 e. The molecule has 14 heteroatoms. The lowest BCUT2D eigenvalue weighted by Gasteiger charge is -2.61. The average Bonchev–Trinajstić information content (AvgIpc) is 3.60. The van der Waals surface area contributed by atoms with Crippen LogP contribution in [0.3, 0.4) is 0 Å². The number of rotatable bonds is 6. The van der Waals surface area contributed by atoms with Crippen LogP contribution in [0.2, 0.25) is 0 Å². The zero-order valence-electron chi connectivity index (χ0n) is 20.5. The third-order valence-electron chi connectivity index (χ3n) is 7.90. The van der Waals surface area contributed by atoms with E-state index in [1.54, 1.807) is 33.8 Å². The van der Waals surface area contributed by atoms with Crippen LogP contribution in [0.25, 0.3) is 5.65 Å². The van der Waals surface area contributed by atoms with E-state index in [1.807, 2.05) is 0 Å². The first-order chi connectivity index (χ1) is 18.5. The molecule has 200 valence electrons. The average molecular weight is 526 g/mol. The highest BCUT2D eigenvalue weighted by molar-refractivity contribution is 5.93. The van der Waals surface area contributed by atoms with Gasteiger partial charge in [0.25, 0.3) is 5.91 Å². The van der Waals surface area contributed by atoms with E-state index in [4.69, 9.17) is 9.47 Å². The number of halogens is 1. The SMILES string of the molecule is O=C(NC12CC(C1)C2)O[C@H]1CO[C@@H](c2cc(Nc3nccc4nc(C(=O)N5CCNCC5)cn34)n[nH]2)[C@@H]1F. The number of ether oxygens (including phenoxy) is 2. The molecular weight excluding hydrogens is 497 g/mol. The Bertz CT molecular complexity index is 1370. The predicted octanol–water partition coefficient (Wildman–Crippen LogP) is 1.30. The number of aromatic amines is 1. The van der Waals surface area contributed by atoms with E-state index < -0.39 is 24.5 Å². The number of nitrogens with zero attached hydrogens (tertiary/aromatic N) is 5. The van der Waals surface area contributed by atoms with Crippen molar-refractivity contribution in [2.75, 3.05) is 38.1 Å². The summed E-state index contributed by atoms with van der Waals surface area (Å²) in [7, 11) is 0. The van der Waals surface area contributed by atoms with Gasteiger partial charge in [0.05, 0.1) is 12.3 Å². The number of H-pyrrole nitrogens is 1. The largest absolute Gasteiger partial charge is 0.441 e. The molecule has 2 aliphatic heterocycles. The topological polar surface area (TPSA) is 151 Å². The van der Waals surface area contributed by atoms with Crippen LogP contribution in [0, 0.1) is 5.92 Å². The van der Waals surface area contributed by atoms with Crippen LogP contribution in [0.5, 0.6) is 0 Å². The number of imidazole rings is 1. The van der Waals surface area contributed by atoms with Gasteiger partial charge in [0.15, 0.2) is 18.1 Å². The van der Waals surface area contributed by atoms with Crippen molar-refractivity contribution in [1.29, 1.82) is 0 Å². The molecule has 0 radical (unpaired) electrons. The summed E-state index contributed by atoms with van der Waals surface area (Å²) in [5.74, 6) is 1.35. The fraction of sp³-hybridized carbons (Fsp3) is 0.542. The van der Waals surface area contributed by atoms with Crippen molar-refractivity contribution in [3.8, 4) is 0 Å². The minimum absolute atomic E-state index is 0.0452. The molecule has 4 N–H and O–H groups in total. The van der Waals surface area contributed by atoms with E-state index in [2.05, 4.69) is 36.1 Å². The van der Waals surface area contributed by atoms with Crippen molar-refractivity contribution in [1.82, 2.24) is 40.1 Å². The highest BCUT2D eigenvalue weighted by Crippen LogP contribution is 2.57. The van der Waals surface area contributed by atoms with Crippen LogP contribution < -0.4 is 16.0 Å². The summed E-state index contributed by atoms with van der Waals surface area (Å²) in [5, 5.41) is 16.2. The number of aromatic nitrogens is 5. The first-order valence-electron chi connectivity index (χ1n) is 12.9. The maximum atomic E-state index is 15.2. The van der Waals surface area contributed by atoms with E-state index in [1.165, 1.54) is 0 Å². The number of anilines is 2. The summed E-state index contributed by atoms with van der Waals surface area (Å²) >= 11 is 0. The number of fused-ring (bicyclic) bond motifs is 1. The number of carbonyl (C=O) groups excluding carboxylic acids is 2. The molecular formula is C24H28FN9O4. The van der Waals surface area contributed by atoms with Gasteiger partial charge in [-0.3, -0.25) is 14.3 Å². The Morgan fingerprint density at radius 2 is 2.05 bits per heavy atom. The molecule has 2 amide bonds. The van der Waals surface area contributed by atoms with Crippen LogP contribution >= 0.6 is 0 Å². The Morgan fingerprint density at radius 3 is 2.82 bits per heavy atom. The van der Waals surface area contributed by atoms with Crippen LogP contribution in [-0.2, 0) is 9.47 Å². The van der Waals surface area contributed by atoms with E-state index >= 15 is 4.39 Å². The van der Waals surface area contributed by atoms with Gasteiger partial charge in [-0.1, -0.05) is 0 Å². The smallest absolute Gasteiger partial charge is 0.408 e. The van der Waals surface area contributed by atoms with Crippen LogP contribution in [0.15, 0.2) is 24.5 Å². The quantitative estimate of drug-likeness (QED) is 0.373. The molecule has 3 atom stereocenters. The molecule has 13 nitrogen and oxygen atoms in total. The summed E-state index contributed by atoms with van der Waals surface area (Å²) in [4.78, 5) is 35.7. The molecule has 8 rings (SSSR count).